The molecule has 3 rings (SSSR count). The number of amides is 1. The largest absolute Gasteiger partial charge is 0.356 e. The van der Waals surface area contributed by atoms with Gasteiger partial charge in [0.15, 0.2) is 0 Å². The van der Waals surface area contributed by atoms with Crippen LogP contribution in [0.25, 0.3) is 0 Å². The van der Waals surface area contributed by atoms with Crippen LogP contribution in [-0.4, -0.2) is 35.0 Å². The van der Waals surface area contributed by atoms with Gasteiger partial charge in [-0.15, -0.1) is 0 Å². The summed E-state index contributed by atoms with van der Waals surface area (Å²) < 4.78 is 0. The van der Waals surface area contributed by atoms with Crippen LogP contribution in [-0.2, 0) is 0 Å². The molecule has 2 aromatic heterocycles. The second kappa shape index (κ2) is 6.88. The van der Waals surface area contributed by atoms with E-state index in [0.717, 1.165) is 31.7 Å². The second-order valence-electron chi connectivity index (χ2n) is 5.49. The zero-order chi connectivity index (χ0) is 16.1. The molecule has 1 amide bonds. The van der Waals surface area contributed by atoms with E-state index >= 15 is 0 Å². The summed E-state index contributed by atoms with van der Waals surface area (Å²) in [5, 5.41) is 11.9. The number of aromatic nitrogens is 2. The Balaban J connectivity index is 1.54. The smallest absolute Gasteiger partial charge is 0.251 e. The molecule has 3 heterocycles. The van der Waals surface area contributed by atoms with Crippen molar-refractivity contribution in [2.24, 2.45) is 0 Å². The molecule has 0 spiro atoms. The van der Waals surface area contributed by atoms with Gasteiger partial charge in [-0.1, -0.05) is 0 Å². The number of pyridine rings is 2. The number of hydrogen-bond donors (Lipinski definition) is 1. The lowest BCUT2D eigenvalue weighted by Gasteiger charge is -2.33. The van der Waals surface area contributed by atoms with E-state index in [4.69, 9.17) is 5.26 Å². The highest BCUT2D eigenvalue weighted by Crippen LogP contribution is 2.18. The molecular formula is C17H17N5O. The molecule has 0 radical (unpaired) electrons. The average Bonchev–Trinajstić information content (AvgIpc) is 2.63. The van der Waals surface area contributed by atoms with Crippen molar-refractivity contribution < 1.29 is 4.79 Å². The van der Waals surface area contributed by atoms with E-state index in [1.54, 1.807) is 36.8 Å². The fourth-order valence-corrected chi connectivity index (χ4v) is 2.66. The number of anilines is 1. The van der Waals surface area contributed by atoms with Crippen LogP contribution in [0.15, 0.2) is 42.9 Å². The number of rotatable bonds is 3. The summed E-state index contributed by atoms with van der Waals surface area (Å²) in [5.41, 5.74) is 1.20. The van der Waals surface area contributed by atoms with Crippen LogP contribution < -0.4 is 10.2 Å². The van der Waals surface area contributed by atoms with E-state index < -0.39 is 0 Å². The van der Waals surface area contributed by atoms with E-state index in [-0.39, 0.29) is 11.9 Å². The number of nitrogens with zero attached hydrogens (tertiary/aromatic N) is 4. The van der Waals surface area contributed by atoms with Gasteiger partial charge in [0.1, 0.15) is 11.9 Å². The van der Waals surface area contributed by atoms with Crippen molar-refractivity contribution in [1.82, 2.24) is 15.3 Å². The summed E-state index contributed by atoms with van der Waals surface area (Å²) in [7, 11) is 0. The summed E-state index contributed by atoms with van der Waals surface area (Å²) in [5.74, 6) is 0.824. The van der Waals surface area contributed by atoms with Gasteiger partial charge < -0.3 is 10.2 Å². The summed E-state index contributed by atoms with van der Waals surface area (Å²) in [4.78, 5) is 22.5. The molecule has 0 saturated carbocycles. The third kappa shape index (κ3) is 3.64. The van der Waals surface area contributed by atoms with Crippen molar-refractivity contribution in [2.45, 2.75) is 18.9 Å². The molecule has 23 heavy (non-hydrogen) atoms. The van der Waals surface area contributed by atoms with E-state index in [2.05, 4.69) is 26.3 Å². The molecule has 0 atom stereocenters. The van der Waals surface area contributed by atoms with Gasteiger partial charge >= 0.3 is 0 Å². The van der Waals surface area contributed by atoms with Crippen molar-refractivity contribution in [3.05, 3.63) is 54.0 Å². The van der Waals surface area contributed by atoms with E-state index in [1.165, 1.54) is 0 Å². The summed E-state index contributed by atoms with van der Waals surface area (Å²) in [6.07, 6.45) is 6.58. The molecule has 1 N–H and O–H groups in total. The Labute approximate surface area is 134 Å². The highest BCUT2D eigenvalue weighted by molar-refractivity contribution is 5.94. The molecule has 6 nitrogen and oxygen atoms in total. The first-order chi connectivity index (χ1) is 11.3. The lowest BCUT2D eigenvalue weighted by Crippen LogP contribution is -2.45. The van der Waals surface area contributed by atoms with Crippen molar-refractivity contribution in [2.75, 3.05) is 18.0 Å². The SMILES string of the molecule is N#Cc1ccc(N2CCC(NC(=O)c3ccncc3)CC2)nc1. The lowest BCUT2D eigenvalue weighted by atomic mass is 10.0. The standard InChI is InChI=1S/C17H17N5O/c18-11-13-1-2-16(20-12-13)22-9-5-15(6-10-22)21-17(23)14-3-7-19-8-4-14/h1-4,7-8,12,15H,5-6,9-10H2,(H,21,23). The van der Waals surface area contributed by atoms with Crippen LogP contribution >= 0.6 is 0 Å². The average molecular weight is 307 g/mol. The molecule has 0 bridgehead atoms. The highest BCUT2D eigenvalue weighted by Gasteiger charge is 2.21. The molecule has 1 aliphatic heterocycles. The first-order valence-electron chi connectivity index (χ1n) is 7.58. The maximum atomic E-state index is 12.1. The predicted molar refractivity (Wildman–Crippen MR) is 85.9 cm³/mol. The van der Waals surface area contributed by atoms with Gasteiger partial charge in [-0.2, -0.15) is 5.26 Å². The van der Waals surface area contributed by atoms with Crippen LogP contribution in [0.3, 0.4) is 0 Å². The van der Waals surface area contributed by atoms with Crippen molar-refractivity contribution >= 4 is 11.7 Å². The molecule has 0 unspecified atom stereocenters. The highest BCUT2D eigenvalue weighted by atomic mass is 16.1. The Bertz CT molecular complexity index is 700. The van der Waals surface area contributed by atoms with Crippen LogP contribution in [0.4, 0.5) is 5.82 Å². The number of piperidine rings is 1. The van der Waals surface area contributed by atoms with Crippen LogP contribution in [0, 0.1) is 11.3 Å². The van der Waals surface area contributed by atoms with Gasteiger partial charge in [-0.05, 0) is 37.1 Å². The zero-order valence-electron chi connectivity index (χ0n) is 12.6. The van der Waals surface area contributed by atoms with Crippen LogP contribution in [0.2, 0.25) is 0 Å². The van der Waals surface area contributed by atoms with Gasteiger partial charge in [0.2, 0.25) is 0 Å². The minimum atomic E-state index is -0.0534. The van der Waals surface area contributed by atoms with Crippen molar-refractivity contribution in [3.8, 4) is 6.07 Å². The third-order valence-electron chi connectivity index (χ3n) is 3.97. The Hall–Kier alpha value is -2.94. The monoisotopic (exact) mass is 307 g/mol. The number of hydrogen-bond acceptors (Lipinski definition) is 5. The first-order valence-corrected chi connectivity index (χ1v) is 7.58. The Kier molecular flexibility index (Phi) is 4.48. The molecule has 0 aromatic carbocycles. The van der Waals surface area contributed by atoms with Gasteiger partial charge in [0, 0.05) is 43.3 Å². The second-order valence-corrected chi connectivity index (χ2v) is 5.49. The third-order valence-corrected chi connectivity index (χ3v) is 3.97. The number of nitriles is 1. The quantitative estimate of drug-likeness (QED) is 0.934. The molecule has 2 aromatic rings. The molecule has 0 aliphatic carbocycles. The molecular weight excluding hydrogens is 290 g/mol. The summed E-state index contributed by atoms with van der Waals surface area (Å²) >= 11 is 0. The van der Waals surface area contributed by atoms with E-state index in [1.807, 2.05) is 6.07 Å². The summed E-state index contributed by atoms with van der Waals surface area (Å²) in [6, 6.07) is 9.31. The normalized spacial score (nSPS) is 15.0. The molecule has 1 saturated heterocycles. The fourth-order valence-electron chi connectivity index (χ4n) is 2.66. The van der Waals surface area contributed by atoms with Crippen LogP contribution in [0.5, 0.6) is 0 Å². The summed E-state index contributed by atoms with van der Waals surface area (Å²) in [6.45, 7) is 1.67. The zero-order valence-corrected chi connectivity index (χ0v) is 12.6. The number of carbonyl (C=O) groups excluding carboxylic acids is 1. The lowest BCUT2D eigenvalue weighted by molar-refractivity contribution is 0.0931. The Morgan fingerprint density at radius 1 is 1.22 bits per heavy atom. The van der Waals surface area contributed by atoms with Crippen molar-refractivity contribution in [1.29, 1.82) is 5.26 Å². The Morgan fingerprint density at radius 2 is 1.96 bits per heavy atom. The fraction of sp³-hybridized carbons (Fsp3) is 0.294. The predicted octanol–water partition coefficient (Wildman–Crippen LogP) is 1.75. The van der Waals surface area contributed by atoms with Crippen LogP contribution in [0.1, 0.15) is 28.8 Å². The number of carbonyl (C=O) groups is 1. The first kappa shape index (κ1) is 15.0. The Morgan fingerprint density at radius 3 is 2.57 bits per heavy atom. The maximum absolute atomic E-state index is 12.1. The topological polar surface area (TPSA) is 81.9 Å². The van der Waals surface area contributed by atoms with Gasteiger partial charge in [0.25, 0.3) is 5.91 Å². The molecule has 116 valence electrons. The van der Waals surface area contributed by atoms with Crippen molar-refractivity contribution in [3.63, 3.8) is 0 Å². The van der Waals surface area contributed by atoms with Gasteiger partial charge in [-0.25, -0.2) is 4.98 Å². The number of nitrogens with one attached hydrogen (secondary N) is 1. The van der Waals surface area contributed by atoms with E-state index in [9.17, 15) is 4.79 Å². The molecule has 1 aliphatic rings. The van der Waals surface area contributed by atoms with Gasteiger partial charge in [0.05, 0.1) is 5.56 Å². The maximum Gasteiger partial charge on any atom is 0.251 e. The van der Waals surface area contributed by atoms with Gasteiger partial charge in [-0.3, -0.25) is 9.78 Å². The minimum absolute atomic E-state index is 0.0534. The van der Waals surface area contributed by atoms with E-state index in [0.29, 0.717) is 11.1 Å². The molecule has 6 heteroatoms. The minimum Gasteiger partial charge on any atom is -0.356 e. The molecule has 1 fully saturated rings.